The van der Waals surface area contributed by atoms with Gasteiger partial charge in [-0.25, -0.2) is 4.79 Å². The maximum atomic E-state index is 10.4. The molecule has 4 heteroatoms. The van der Waals surface area contributed by atoms with Crippen LogP contribution in [0.1, 0.15) is 13.8 Å². The van der Waals surface area contributed by atoms with Crippen molar-refractivity contribution in [3.8, 4) is 0 Å². The molecule has 11 heavy (non-hydrogen) atoms. The molecule has 1 N–H and O–H groups in total. The van der Waals surface area contributed by atoms with Gasteiger partial charge >= 0.3 is 5.97 Å². The molecule has 1 atom stereocenters. The van der Waals surface area contributed by atoms with Gasteiger partial charge in [0.05, 0.1) is 6.61 Å². The first-order valence-corrected chi connectivity index (χ1v) is 3.64. The summed E-state index contributed by atoms with van der Waals surface area (Å²) < 4.78 is 9.78. The summed E-state index contributed by atoms with van der Waals surface area (Å²) in [7, 11) is 0. The Kier molecular flexibility index (Phi) is 5.78. The smallest absolute Gasteiger partial charge is 0.335 e. The van der Waals surface area contributed by atoms with E-state index in [0.717, 1.165) is 0 Å². The summed E-state index contributed by atoms with van der Waals surface area (Å²) in [5, 5.41) is 8.53. The third-order valence-electron chi connectivity index (χ3n) is 1.12. The lowest BCUT2D eigenvalue weighted by atomic mass is 10.4. The molecule has 66 valence electrons. The van der Waals surface area contributed by atoms with Crippen LogP contribution in [0.5, 0.6) is 0 Å². The van der Waals surface area contributed by atoms with Crippen LogP contribution in [0.25, 0.3) is 0 Å². The lowest BCUT2D eigenvalue weighted by molar-refractivity contribution is -0.154. The monoisotopic (exact) mass is 162 g/mol. The van der Waals surface area contributed by atoms with Gasteiger partial charge in [0.15, 0.2) is 6.10 Å². The Balaban J connectivity index is 3.60. The van der Waals surface area contributed by atoms with E-state index in [9.17, 15) is 4.79 Å². The highest BCUT2D eigenvalue weighted by Gasteiger charge is 2.16. The van der Waals surface area contributed by atoms with E-state index in [-0.39, 0.29) is 6.61 Å². The summed E-state index contributed by atoms with van der Waals surface area (Å²) in [5.41, 5.74) is 0. The van der Waals surface area contributed by atoms with Gasteiger partial charge in [-0.1, -0.05) is 0 Å². The predicted octanol–water partition coefficient (Wildman–Crippen LogP) is 0.513. The standard InChI is InChI=1S/C7H14O4/c1-3-10-5-6(7(8)9)11-4-2/h6H,3-5H2,1-2H3,(H,8,9). The van der Waals surface area contributed by atoms with Gasteiger partial charge in [0.2, 0.25) is 0 Å². The van der Waals surface area contributed by atoms with Crippen LogP contribution in [0, 0.1) is 0 Å². The molecule has 0 bridgehead atoms. The van der Waals surface area contributed by atoms with Crippen LogP contribution in [-0.4, -0.2) is 37.0 Å². The molecule has 0 saturated carbocycles. The third kappa shape index (κ3) is 4.75. The van der Waals surface area contributed by atoms with Crippen LogP contribution in [0.2, 0.25) is 0 Å². The Morgan fingerprint density at radius 3 is 2.45 bits per heavy atom. The van der Waals surface area contributed by atoms with Crippen molar-refractivity contribution >= 4 is 5.97 Å². The number of aliphatic carboxylic acids is 1. The molecular formula is C7H14O4. The predicted molar refractivity (Wildman–Crippen MR) is 39.5 cm³/mol. The molecule has 0 spiro atoms. The third-order valence-corrected chi connectivity index (χ3v) is 1.12. The average Bonchev–Trinajstić information content (AvgIpc) is 1.97. The van der Waals surface area contributed by atoms with Crippen LogP contribution in [-0.2, 0) is 14.3 Å². The highest BCUT2D eigenvalue weighted by atomic mass is 16.5. The second-order valence-electron chi connectivity index (χ2n) is 1.94. The summed E-state index contributed by atoms with van der Waals surface area (Å²) in [5.74, 6) is -0.972. The van der Waals surface area contributed by atoms with Crippen molar-refractivity contribution in [2.24, 2.45) is 0 Å². The lowest BCUT2D eigenvalue weighted by Gasteiger charge is -2.11. The minimum absolute atomic E-state index is 0.125. The van der Waals surface area contributed by atoms with Crippen LogP contribution in [0.15, 0.2) is 0 Å². The average molecular weight is 162 g/mol. The van der Waals surface area contributed by atoms with E-state index in [2.05, 4.69) is 0 Å². The molecule has 0 rings (SSSR count). The maximum Gasteiger partial charge on any atom is 0.335 e. The fourth-order valence-electron chi connectivity index (χ4n) is 0.617. The van der Waals surface area contributed by atoms with Crippen LogP contribution >= 0.6 is 0 Å². The van der Waals surface area contributed by atoms with Gasteiger partial charge in [-0.05, 0) is 13.8 Å². The zero-order valence-electron chi connectivity index (χ0n) is 6.87. The Labute approximate surface area is 66.1 Å². The summed E-state index contributed by atoms with van der Waals surface area (Å²) in [6.07, 6.45) is -0.819. The Morgan fingerprint density at radius 2 is 2.09 bits per heavy atom. The number of carbonyl (C=O) groups is 1. The van der Waals surface area contributed by atoms with Gasteiger partial charge in [-0.15, -0.1) is 0 Å². The van der Waals surface area contributed by atoms with Gasteiger partial charge < -0.3 is 14.6 Å². The van der Waals surface area contributed by atoms with E-state index in [1.165, 1.54) is 0 Å². The topological polar surface area (TPSA) is 55.8 Å². The van der Waals surface area contributed by atoms with Gasteiger partial charge in [-0.2, -0.15) is 0 Å². The van der Waals surface area contributed by atoms with Crippen molar-refractivity contribution in [3.63, 3.8) is 0 Å². The largest absolute Gasteiger partial charge is 0.479 e. The molecule has 0 fully saturated rings. The maximum absolute atomic E-state index is 10.4. The Bertz CT molecular complexity index is 113. The number of carboxylic acid groups (broad SMARTS) is 1. The molecule has 0 aromatic heterocycles. The summed E-state index contributed by atoms with van der Waals surface area (Å²) in [6.45, 7) is 4.59. The van der Waals surface area contributed by atoms with E-state index in [1.54, 1.807) is 6.92 Å². The number of carboxylic acids is 1. The second-order valence-corrected chi connectivity index (χ2v) is 1.94. The van der Waals surface area contributed by atoms with Crippen LogP contribution in [0.4, 0.5) is 0 Å². The fraction of sp³-hybridized carbons (Fsp3) is 0.857. The molecule has 0 aromatic carbocycles. The fourth-order valence-corrected chi connectivity index (χ4v) is 0.617. The van der Waals surface area contributed by atoms with Gasteiger partial charge in [0, 0.05) is 13.2 Å². The first kappa shape index (κ1) is 10.4. The summed E-state index contributed by atoms with van der Waals surface area (Å²) in [4.78, 5) is 10.4. The van der Waals surface area contributed by atoms with E-state index >= 15 is 0 Å². The lowest BCUT2D eigenvalue weighted by Crippen LogP contribution is -2.29. The van der Waals surface area contributed by atoms with E-state index < -0.39 is 12.1 Å². The Hall–Kier alpha value is -0.610. The molecule has 0 aromatic rings. The van der Waals surface area contributed by atoms with Crippen molar-refractivity contribution in [1.82, 2.24) is 0 Å². The summed E-state index contributed by atoms with van der Waals surface area (Å²) in [6, 6.07) is 0. The molecule has 1 unspecified atom stereocenters. The number of ether oxygens (including phenoxy) is 2. The van der Waals surface area contributed by atoms with Crippen molar-refractivity contribution in [3.05, 3.63) is 0 Å². The van der Waals surface area contributed by atoms with Crippen molar-refractivity contribution in [2.45, 2.75) is 20.0 Å². The summed E-state index contributed by atoms with van der Waals surface area (Å²) >= 11 is 0. The molecular weight excluding hydrogens is 148 g/mol. The molecule has 0 radical (unpaired) electrons. The van der Waals surface area contributed by atoms with E-state index in [1.807, 2.05) is 6.92 Å². The molecule has 0 amide bonds. The highest BCUT2D eigenvalue weighted by molar-refractivity contribution is 5.72. The number of hydrogen-bond acceptors (Lipinski definition) is 3. The van der Waals surface area contributed by atoms with Crippen molar-refractivity contribution in [1.29, 1.82) is 0 Å². The highest BCUT2D eigenvalue weighted by Crippen LogP contribution is 1.93. The van der Waals surface area contributed by atoms with Gasteiger partial charge in [0.1, 0.15) is 0 Å². The second kappa shape index (κ2) is 6.12. The first-order valence-electron chi connectivity index (χ1n) is 3.64. The first-order chi connectivity index (χ1) is 5.22. The molecule has 0 heterocycles. The number of rotatable bonds is 6. The molecule has 0 aliphatic heterocycles. The molecule has 4 nitrogen and oxygen atoms in total. The molecule has 0 aliphatic rings. The minimum Gasteiger partial charge on any atom is -0.479 e. The quantitative estimate of drug-likeness (QED) is 0.618. The van der Waals surface area contributed by atoms with Crippen LogP contribution < -0.4 is 0 Å². The number of hydrogen-bond donors (Lipinski definition) is 1. The normalized spacial score (nSPS) is 12.9. The van der Waals surface area contributed by atoms with Gasteiger partial charge in [0.25, 0.3) is 0 Å². The minimum atomic E-state index is -0.972. The van der Waals surface area contributed by atoms with E-state index in [0.29, 0.717) is 13.2 Å². The zero-order chi connectivity index (χ0) is 8.69. The van der Waals surface area contributed by atoms with E-state index in [4.69, 9.17) is 14.6 Å². The van der Waals surface area contributed by atoms with Gasteiger partial charge in [-0.3, -0.25) is 0 Å². The zero-order valence-corrected chi connectivity index (χ0v) is 6.87. The molecule has 0 saturated heterocycles. The SMILES string of the molecule is CCOCC(OCC)C(=O)O. The molecule has 0 aliphatic carbocycles. The van der Waals surface area contributed by atoms with Crippen molar-refractivity contribution in [2.75, 3.05) is 19.8 Å². The van der Waals surface area contributed by atoms with Crippen LogP contribution in [0.3, 0.4) is 0 Å². The van der Waals surface area contributed by atoms with Crippen molar-refractivity contribution < 1.29 is 19.4 Å². The Morgan fingerprint density at radius 1 is 1.45 bits per heavy atom.